The number of carbonyl (C=O) groups is 1. The summed E-state index contributed by atoms with van der Waals surface area (Å²) in [5, 5.41) is 13.4. The Morgan fingerprint density at radius 2 is 1.79 bits per heavy atom. The molecule has 1 aliphatic heterocycles. The summed E-state index contributed by atoms with van der Waals surface area (Å²) in [5.74, 6) is 1.78. The maximum Gasteiger partial charge on any atom is 0.289 e. The molecule has 0 spiro atoms. The molecule has 3 aromatic heterocycles. The summed E-state index contributed by atoms with van der Waals surface area (Å²) < 4.78 is 17.9. The molecule has 5 rings (SSSR count). The van der Waals surface area contributed by atoms with Crippen LogP contribution < -0.4 is 15.0 Å². The number of tetrazole rings is 1. The van der Waals surface area contributed by atoms with Crippen molar-refractivity contribution < 1.29 is 18.7 Å². The SMILES string of the molecule is COc1cc2cc([C@H](c3nnnn3C(C)(C)C)N3CCN(C(=O)c4ccco4)CC3)c(=O)[nH]c2cc1OC. The molecular weight excluding hydrogens is 490 g/mol. The summed E-state index contributed by atoms with van der Waals surface area (Å²) >= 11 is 0. The Hall–Kier alpha value is -4.19. The van der Waals surface area contributed by atoms with E-state index in [4.69, 9.17) is 13.9 Å². The minimum Gasteiger partial charge on any atom is -0.493 e. The molecule has 38 heavy (non-hydrogen) atoms. The van der Waals surface area contributed by atoms with Gasteiger partial charge in [-0.05, 0) is 55.5 Å². The average Bonchev–Trinajstić information content (AvgIpc) is 3.61. The number of amides is 1. The second-order valence-corrected chi connectivity index (χ2v) is 10.2. The molecule has 1 fully saturated rings. The molecule has 12 nitrogen and oxygen atoms in total. The van der Waals surface area contributed by atoms with Crippen LogP contribution in [-0.2, 0) is 5.54 Å². The van der Waals surface area contributed by atoms with E-state index in [0.717, 1.165) is 5.39 Å². The van der Waals surface area contributed by atoms with Gasteiger partial charge in [0.05, 0.1) is 31.5 Å². The highest BCUT2D eigenvalue weighted by Gasteiger charge is 2.36. The first-order valence-corrected chi connectivity index (χ1v) is 12.4. The summed E-state index contributed by atoms with van der Waals surface area (Å²) in [4.78, 5) is 33.3. The Balaban J connectivity index is 1.56. The van der Waals surface area contributed by atoms with Crippen molar-refractivity contribution in [3.63, 3.8) is 0 Å². The number of nitrogens with one attached hydrogen (secondary N) is 1. The van der Waals surface area contributed by atoms with Crippen LogP contribution in [0.2, 0.25) is 0 Å². The maximum atomic E-state index is 13.5. The Kier molecular flexibility index (Phi) is 6.66. The van der Waals surface area contributed by atoms with Gasteiger partial charge in [-0.2, -0.15) is 0 Å². The number of aromatic nitrogens is 5. The lowest BCUT2D eigenvalue weighted by Crippen LogP contribution is -2.51. The summed E-state index contributed by atoms with van der Waals surface area (Å²) in [5.41, 5.74) is 0.441. The van der Waals surface area contributed by atoms with Crippen molar-refractivity contribution in [2.24, 2.45) is 0 Å². The molecule has 1 atom stereocenters. The van der Waals surface area contributed by atoms with Gasteiger partial charge >= 0.3 is 0 Å². The third kappa shape index (κ3) is 4.62. The van der Waals surface area contributed by atoms with Crippen molar-refractivity contribution in [3.05, 3.63) is 64.1 Å². The molecule has 12 heteroatoms. The Morgan fingerprint density at radius 1 is 1.08 bits per heavy atom. The Labute approximate surface area is 219 Å². The molecule has 0 unspecified atom stereocenters. The zero-order valence-corrected chi connectivity index (χ0v) is 22.1. The van der Waals surface area contributed by atoms with Crippen LogP contribution in [0.4, 0.5) is 0 Å². The van der Waals surface area contributed by atoms with Gasteiger partial charge in [-0.15, -0.1) is 5.10 Å². The standard InChI is InChI=1S/C26H31N7O5/c1-26(2,3)33-23(28-29-30-33)22(31-8-10-32(11-9-31)25(35)19-7-6-12-38-19)17-13-16-14-20(36-4)21(37-5)15-18(16)27-24(17)34/h6-7,12-15,22H,8-11H2,1-5H3,(H,27,34)/t22-/m1/s1. The zero-order chi connectivity index (χ0) is 27.0. The molecule has 0 aliphatic carbocycles. The average molecular weight is 522 g/mol. The van der Waals surface area contributed by atoms with E-state index < -0.39 is 11.6 Å². The number of ether oxygens (including phenoxy) is 2. The van der Waals surface area contributed by atoms with Gasteiger partial charge in [0, 0.05) is 43.2 Å². The van der Waals surface area contributed by atoms with Crippen LogP contribution in [0.15, 0.2) is 45.8 Å². The lowest BCUT2D eigenvalue weighted by atomic mass is 10.0. The number of carbonyl (C=O) groups excluding carboxylic acids is 1. The zero-order valence-electron chi connectivity index (χ0n) is 22.1. The van der Waals surface area contributed by atoms with E-state index in [9.17, 15) is 9.59 Å². The lowest BCUT2D eigenvalue weighted by Gasteiger charge is -2.39. The van der Waals surface area contributed by atoms with Crippen LogP contribution in [0.1, 0.15) is 48.8 Å². The highest BCUT2D eigenvalue weighted by atomic mass is 16.5. The minimum absolute atomic E-state index is 0.157. The molecule has 1 aromatic carbocycles. The van der Waals surface area contributed by atoms with Gasteiger partial charge in [0.15, 0.2) is 23.1 Å². The fourth-order valence-corrected chi connectivity index (χ4v) is 4.83. The van der Waals surface area contributed by atoms with Crippen molar-refractivity contribution in [1.82, 2.24) is 35.0 Å². The highest BCUT2D eigenvalue weighted by molar-refractivity contribution is 5.91. The number of piperazine rings is 1. The smallest absolute Gasteiger partial charge is 0.289 e. The summed E-state index contributed by atoms with van der Waals surface area (Å²) in [6.07, 6.45) is 1.49. The maximum absolute atomic E-state index is 13.5. The van der Waals surface area contributed by atoms with E-state index in [1.165, 1.54) is 6.26 Å². The number of aromatic amines is 1. The number of nitrogens with zero attached hydrogens (tertiary/aromatic N) is 6. The highest BCUT2D eigenvalue weighted by Crippen LogP contribution is 2.34. The first-order chi connectivity index (χ1) is 18.2. The molecule has 1 aliphatic rings. The number of methoxy groups -OCH3 is 2. The number of hydrogen-bond donors (Lipinski definition) is 1. The predicted octanol–water partition coefficient (Wildman–Crippen LogP) is 2.43. The van der Waals surface area contributed by atoms with Crippen LogP contribution in [0.5, 0.6) is 11.5 Å². The summed E-state index contributed by atoms with van der Waals surface area (Å²) in [6.45, 7) is 7.96. The Morgan fingerprint density at radius 3 is 2.42 bits per heavy atom. The van der Waals surface area contributed by atoms with Crippen LogP contribution >= 0.6 is 0 Å². The fraction of sp³-hybridized carbons (Fsp3) is 0.423. The first kappa shape index (κ1) is 25.5. The second-order valence-electron chi connectivity index (χ2n) is 10.2. The molecule has 1 amide bonds. The number of benzene rings is 1. The van der Waals surface area contributed by atoms with Crippen molar-refractivity contribution in [2.45, 2.75) is 32.4 Å². The minimum atomic E-state index is -0.550. The fourth-order valence-electron chi connectivity index (χ4n) is 4.83. The van der Waals surface area contributed by atoms with Gasteiger partial charge in [-0.3, -0.25) is 14.5 Å². The van der Waals surface area contributed by atoms with Crippen LogP contribution in [0.25, 0.3) is 10.9 Å². The lowest BCUT2D eigenvalue weighted by molar-refractivity contribution is 0.0555. The van der Waals surface area contributed by atoms with E-state index in [2.05, 4.69) is 25.4 Å². The molecule has 0 saturated carbocycles. The normalized spacial score (nSPS) is 15.6. The Bertz CT molecular complexity index is 1490. The third-order valence-electron chi connectivity index (χ3n) is 6.74. The van der Waals surface area contributed by atoms with E-state index in [0.29, 0.717) is 60.3 Å². The van der Waals surface area contributed by atoms with Gasteiger partial charge in [-0.1, -0.05) is 0 Å². The van der Waals surface area contributed by atoms with Gasteiger partial charge in [0.25, 0.3) is 11.5 Å². The largest absolute Gasteiger partial charge is 0.493 e. The summed E-state index contributed by atoms with van der Waals surface area (Å²) in [6, 6.07) is 8.23. The molecule has 0 bridgehead atoms. The van der Waals surface area contributed by atoms with Gasteiger partial charge in [0.1, 0.15) is 6.04 Å². The van der Waals surface area contributed by atoms with Crippen molar-refractivity contribution in [3.8, 4) is 11.5 Å². The number of pyridine rings is 1. The molecule has 1 N–H and O–H groups in total. The van der Waals surface area contributed by atoms with E-state index in [-0.39, 0.29) is 11.5 Å². The second kappa shape index (κ2) is 9.93. The molecule has 0 radical (unpaired) electrons. The van der Waals surface area contributed by atoms with Crippen molar-refractivity contribution in [1.29, 1.82) is 0 Å². The first-order valence-electron chi connectivity index (χ1n) is 12.4. The predicted molar refractivity (Wildman–Crippen MR) is 139 cm³/mol. The number of hydrogen-bond acceptors (Lipinski definition) is 9. The van der Waals surface area contributed by atoms with Crippen LogP contribution in [0, 0.1) is 0 Å². The van der Waals surface area contributed by atoms with Crippen LogP contribution in [0.3, 0.4) is 0 Å². The van der Waals surface area contributed by atoms with E-state index in [1.54, 1.807) is 42.0 Å². The molecular formula is C26H31N7O5. The van der Waals surface area contributed by atoms with Gasteiger partial charge in [0.2, 0.25) is 0 Å². The number of H-pyrrole nitrogens is 1. The van der Waals surface area contributed by atoms with Gasteiger partial charge in [-0.25, -0.2) is 4.68 Å². The number of fused-ring (bicyclic) bond motifs is 1. The van der Waals surface area contributed by atoms with E-state index in [1.807, 2.05) is 32.9 Å². The molecule has 1 saturated heterocycles. The van der Waals surface area contributed by atoms with Crippen LogP contribution in [-0.4, -0.2) is 81.3 Å². The van der Waals surface area contributed by atoms with E-state index >= 15 is 0 Å². The molecule has 4 heterocycles. The number of furan rings is 1. The molecule has 200 valence electrons. The quantitative estimate of drug-likeness (QED) is 0.406. The third-order valence-corrected chi connectivity index (χ3v) is 6.74. The topological polar surface area (TPSA) is 132 Å². The summed E-state index contributed by atoms with van der Waals surface area (Å²) in [7, 11) is 3.12. The van der Waals surface area contributed by atoms with Crippen molar-refractivity contribution in [2.75, 3.05) is 40.4 Å². The number of rotatable bonds is 6. The van der Waals surface area contributed by atoms with Gasteiger partial charge < -0.3 is 23.8 Å². The van der Waals surface area contributed by atoms with Crippen molar-refractivity contribution >= 4 is 16.8 Å². The monoisotopic (exact) mass is 521 g/mol. The molecule has 4 aromatic rings.